The number of rotatable bonds is 13. The Morgan fingerprint density at radius 1 is 0.862 bits per heavy atom. The zero-order chi connectivity index (χ0) is 20.9. The van der Waals surface area contributed by atoms with E-state index in [2.05, 4.69) is 6.92 Å². The number of para-hydroxylation sites is 1. The lowest BCUT2D eigenvalue weighted by Crippen LogP contribution is -2.15. The van der Waals surface area contributed by atoms with Crippen LogP contribution in [0, 0.1) is 0 Å². The Morgan fingerprint density at radius 2 is 1.52 bits per heavy atom. The Bertz CT molecular complexity index is 754. The third kappa shape index (κ3) is 8.20. The molecule has 0 aliphatic rings. The van der Waals surface area contributed by atoms with Crippen LogP contribution in [0.1, 0.15) is 80.6 Å². The standard InChI is InChI=1S/C25H32O4/c1-2-3-4-5-6-10-15-21(26)18-19-24(27)29-23-17-12-11-16-22(23)25(28)20-13-8-7-9-14-20/h7-9,11-14,16-17,21,26H,2-6,10,15,18-19H2,1H3. The largest absolute Gasteiger partial charge is 0.426 e. The fourth-order valence-electron chi connectivity index (χ4n) is 3.25. The molecule has 0 amide bonds. The van der Waals surface area contributed by atoms with Crippen LogP contribution < -0.4 is 4.74 Å². The third-order valence-electron chi connectivity index (χ3n) is 4.96. The first-order valence-corrected chi connectivity index (χ1v) is 10.7. The van der Waals surface area contributed by atoms with Crippen molar-refractivity contribution < 1.29 is 19.4 Å². The first-order chi connectivity index (χ1) is 14.1. The van der Waals surface area contributed by atoms with Gasteiger partial charge in [-0.1, -0.05) is 87.9 Å². The Kier molecular flexibility index (Phi) is 10.1. The van der Waals surface area contributed by atoms with E-state index in [0.29, 0.717) is 24.0 Å². The highest BCUT2D eigenvalue weighted by atomic mass is 16.5. The molecule has 0 saturated carbocycles. The molecule has 1 N–H and O–H groups in total. The van der Waals surface area contributed by atoms with Crippen LogP contribution in [-0.4, -0.2) is 23.0 Å². The molecule has 4 heteroatoms. The van der Waals surface area contributed by atoms with Crippen molar-refractivity contribution in [3.05, 3.63) is 65.7 Å². The van der Waals surface area contributed by atoms with Gasteiger partial charge >= 0.3 is 5.97 Å². The van der Waals surface area contributed by atoms with Crippen LogP contribution >= 0.6 is 0 Å². The van der Waals surface area contributed by atoms with Crippen LogP contribution in [0.5, 0.6) is 5.75 Å². The second-order valence-electron chi connectivity index (χ2n) is 7.41. The quantitative estimate of drug-likeness (QED) is 0.204. The molecule has 1 atom stereocenters. The average Bonchev–Trinajstić information content (AvgIpc) is 2.75. The van der Waals surface area contributed by atoms with Gasteiger partial charge < -0.3 is 9.84 Å². The van der Waals surface area contributed by atoms with E-state index in [1.54, 1.807) is 48.5 Å². The predicted molar refractivity (Wildman–Crippen MR) is 115 cm³/mol. The van der Waals surface area contributed by atoms with Gasteiger partial charge in [0.1, 0.15) is 5.75 Å². The van der Waals surface area contributed by atoms with Crippen molar-refractivity contribution in [2.24, 2.45) is 0 Å². The number of hydrogen-bond acceptors (Lipinski definition) is 4. The van der Waals surface area contributed by atoms with Gasteiger partial charge in [-0.25, -0.2) is 0 Å². The number of aliphatic hydroxyl groups excluding tert-OH is 1. The first-order valence-electron chi connectivity index (χ1n) is 10.7. The maximum Gasteiger partial charge on any atom is 0.311 e. The fraction of sp³-hybridized carbons (Fsp3) is 0.440. The Morgan fingerprint density at radius 3 is 2.28 bits per heavy atom. The van der Waals surface area contributed by atoms with E-state index < -0.39 is 12.1 Å². The average molecular weight is 397 g/mol. The van der Waals surface area contributed by atoms with Gasteiger partial charge in [-0.2, -0.15) is 0 Å². The molecule has 2 aromatic rings. The minimum absolute atomic E-state index is 0.130. The first kappa shape index (κ1) is 22.8. The van der Waals surface area contributed by atoms with Gasteiger partial charge in [-0.15, -0.1) is 0 Å². The maximum absolute atomic E-state index is 12.7. The van der Waals surface area contributed by atoms with Crippen LogP contribution in [0.2, 0.25) is 0 Å². The minimum Gasteiger partial charge on any atom is -0.426 e. The van der Waals surface area contributed by atoms with E-state index in [-0.39, 0.29) is 18.0 Å². The molecule has 0 radical (unpaired) electrons. The number of carbonyl (C=O) groups excluding carboxylic acids is 2. The molecule has 156 valence electrons. The van der Waals surface area contributed by atoms with E-state index in [4.69, 9.17) is 4.74 Å². The summed E-state index contributed by atoms with van der Waals surface area (Å²) >= 11 is 0. The van der Waals surface area contributed by atoms with Crippen LogP contribution in [-0.2, 0) is 4.79 Å². The number of esters is 1. The van der Waals surface area contributed by atoms with Crippen molar-refractivity contribution in [1.29, 1.82) is 0 Å². The second kappa shape index (κ2) is 12.9. The van der Waals surface area contributed by atoms with Crippen LogP contribution in [0.15, 0.2) is 54.6 Å². The topological polar surface area (TPSA) is 63.6 Å². The van der Waals surface area contributed by atoms with Crippen molar-refractivity contribution in [3.8, 4) is 5.75 Å². The molecular formula is C25H32O4. The molecule has 2 aromatic carbocycles. The van der Waals surface area contributed by atoms with E-state index in [9.17, 15) is 14.7 Å². The molecule has 0 heterocycles. The zero-order valence-electron chi connectivity index (χ0n) is 17.3. The number of hydrogen-bond donors (Lipinski definition) is 1. The number of ether oxygens (including phenoxy) is 1. The van der Waals surface area contributed by atoms with Gasteiger partial charge in [-0.3, -0.25) is 9.59 Å². The molecule has 0 bridgehead atoms. The molecule has 0 fully saturated rings. The lowest BCUT2D eigenvalue weighted by Gasteiger charge is -2.12. The smallest absolute Gasteiger partial charge is 0.311 e. The summed E-state index contributed by atoms with van der Waals surface area (Å²) in [5, 5.41) is 10.1. The summed E-state index contributed by atoms with van der Waals surface area (Å²) in [5.41, 5.74) is 0.907. The fourth-order valence-corrected chi connectivity index (χ4v) is 3.25. The summed E-state index contributed by atoms with van der Waals surface area (Å²) < 4.78 is 5.44. The van der Waals surface area contributed by atoms with Crippen molar-refractivity contribution >= 4 is 11.8 Å². The monoisotopic (exact) mass is 396 g/mol. The normalized spacial score (nSPS) is 11.8. The SMILES string of the molecule is CCCCCCCCC(O)CCC(=O)Oc1ccccc1C(=O)c1ccccc1. The molecule has 0 aliphatic carbocycles. The number of aliphatic hydroxyl groups is 1. The summed E-state index contributed by atoms with van der Waals surface area (Å²) in [6, 6.07) is 15.7. The zero-order valence-corrected chi connectivity index (χ0v) is 17.3. The number of unbranched alkanes of at least 4 members (excludes halogenated alkanes) is 5. The Balaban J connectivity index is 1.80. The Labute approximate surface area is 173 Å². The molecule has 0 aliphatic heterocycles. The van der Waals surface area contributed by atoms with E-state index >= 15 is 0 Å². The van der Waals surface area contributed by atoms with Crippen LogP contribution in [0.4, 0.5) is 0 Å². The third-order valence-corrected chi connectivity index (χ3v) is 4.96. The maximum atomic E-state index is 12.7. The van der Waals surface area contributed by atoms with E-state index in [0.717, 1.165) is 12.8 Å². The predicted octanol–water partition coefficient (Wildman–Crippen LogP) is 5.71. The molecule has 4 nitrogen and oxygen atoms in total. The van der Waals surface area contributed by atoms with Crippen molar-refractivity contribution in [2.75, 3.05) is 0 Å². The molecule has 0 aromatic heterocycles. The molecular weight excluding hydrogens is 364 g/mol. The molecule has 29 heavy (non-hydrogen) atoms. The summed E-state index contributed by atoms with van der Waals surface area (Å²) in [5.74, 6) is -0.353. The number of benzene rings is 2. The van der Waals surface area contributed by atoms with Crippen LogP contribution in [0.3, 0.4) is 0 Å². The van der Waals surface area contributed by atoms with Gasteiger partial charge in [0.15, 0.2) is 5.78 Å². The van der Waals surface area contributed by atoms with Gasteiger partial charge in [0.2, 0.25) is 0 Å². The van der Waals surface area contributed by atoms with E-state index in [1.165, 1.54) is 25.7 Å². The highest BCUT2D eigenvalue weighted by molar-refractivity contribution is 6.10. The van der Waals surface area contributed by atoms with Crippen molar-refractivity contribution in [2.45, 2.75) is 70.8 Å². The lowest BCUT2D eigenvalue weighted by atomic mass is 10.0. The summed E-state index contributed by atoms with van der Waals surface area (Å²) in [6.07, 6.45) is 7.78. The molecule has 1 unspecified atom stereocenters. The van der Waals surface area contributed by atoms with Gasteiger partial charge in [-0.05, 0) is 25.0 Å². The van der Waals surface area contributed by atoms with Crippen LogP contribution in [0.25, 0.3) is 0 Å². The summed E-state index contributed by atoms with van der Waals surface area (Å²) in [4.78, 5) is 24.9. The Hall–Kier alpha value is -2.46. The van der Waals surface area contributed by atoms with Gasteiger partial charge in [0.25, 0.3) is 0 Å². The summed E-state index contributed by atoms with van der Waals surface area (Å²) in [6.45, 7) is 2.19. The molecule has 0 spiro atoms. The van der Waals surface area contributed by atoms with E-state index in [1.807, 2.05) is 6.07 Å². The molecule has 2 rings (SSSR count). The minimum atomic E-state index is -0.491. The lowest BCUT2D eigenvalue weighted by molar-refractivity contribution is -0.135. The van der Waals surface area contributed by atoms with Crippen molar-refractivity contribution in [1.82, 2.24) is 0 Å². The highest BCUT2D eigenvalue weighted by Gasteiger charge is 2.17. The highest BCUT2D eigenvalue weighted by Crippen LogP contribution is 2.22. The van der Waals surface area contributed by atoms with Crippen molar-refractivity contribution in [3.63, 3.8) is 0 Å². The van der Waals surface area contributed by atoms with Gasteiger partial charge in [0.05, 0.1) is 11.7 Å². The summed E-state index contributed by atoms with van der Waals surface area (Å²) in [7, 11) is 0. The number of carbonyl (C=O) groups is 2. The second-order valence-corrected chi connectivity index (χ2v) is 7.41. The number of ketones is 1. The van der Waals surface area contributed by atoms with Gasteiger partial charge in [0, 0.05) is 12.0 Å². The molecule has 0 saturated heterocycles.